The number of hydrogen-bond acceptors (Lipinski definition) is 6. The Kier molecular flexibility index (Phi) is 2.20. The Morgan fingerprint density at radius 2 is 2.13 bits per heavy atom. The van der Waals surface area contributed by atoms with Gasteiger partial charge in [-0.3, -0.25) is 0 Å². The number of hydrogen-bond donors (Lipinski definition) is 1. The van der Waals surface area contributed by atoms with Crippen LogP contribution in [0.25, 0.3) is 5.82 Å². The second kappa shape index (κ2) is 3.52. The molecule has 0 saturated carbocycles. The molecule has 7 heteroatoms. The first kappa shape index (κ1) is 9.38. The van der Waals surface area contributed by atoms with Gasteiger partial charge >= 0.3 is 0 Å². The summed E-state index contributed by atoms with van der Waals surface area (Å²) in [5.74, 6) is 1.47. The van der Waals surface area contributed by atoms with Crippen LogP contribution in [0.1, 0.15) is 0 Å². The van der Waals surface area contributed by atoms with E-state index in [9.17, 15) is 0 Å². The van der Waals surface area contributed by atoms with Crippen molar-refractivity contribution in [3.05, 3.63) is 18.6 Å². The molecule has 0 unspecified atom stereocenters. The molecule has 0 bridgehead atoms. The maximum Gasteiger partial charge on any atom is 0.239 e. The minimum atomic E-state index is 0.222. The van der Waals surface area contributed by atoms with Gasteiger partial charge in [0.25, 0.3) is 0 Å². The monoisotopic (exact) mass is 205 g/mol. The first-order valence-corrected chi connectivity index (χ1v) is 4.34. The summed E-state index contributed by atoms with van der Waals surface area (Å²) in [5, 5.41) is 3.96. The summed E-state index contributed by atoms with van der Waals surface area (Å²) in [4.78, 5) is 14.0. The highest BCUT2D eigenvalue weighted by molar-refractivity contribution is 5.32. The van der Waals surface area contributed by atoms with E-state index in [0.717, 1.165) is 0 Å². The van der Waals surface area contributed by atoms with Crippen LogP contribution in [0.2, 0.25) is 0 Å². The summed E-state index contributed by atoms with van der Waals surface area (Å²) >= 11 is 0. The van der Waals surface area contributed by atoms with E-state index >= 15 is 0 Å². The molecule has 2 rings (SSSR count). The minimum absolute atomic E-state index is 0.222. The molecule has 0 radical (unpaired) electrons. The number of nitrogen functional groups attached to an aromatic ring is 1. The van der Waals surface area contributed by atoms with Gasteiger partial charge in [-0.2, -0.15) is 4.98 Å². The van der Waals surface area contributed by atoms with Crippen molar-refractivity contribution in [1.82, 2.24) is 24.7 Å². The van der Waals surface area contributed by atoms with Crippen LogP contribution in [0.5, 0.6) is 0 Å². The molecular weight excluding hydrogens is 194 g/mol. The zero-order valence-electron chi connectivity index (χ0n) is 8.49. The van der Waals surface area contributed by atoms with Gasteiger partial charge in [-0.1, -0.05) is 0 Å². The first-order valence-electron chi connectivity index (χ1n) is 4.34. The van der Waals surface area contributed by atoms with E-state index in [1.54, 1.807) is 12.3 Å². The maximum absolute atomic E-state index is 5.42. The van der Waals surface area contributed by atoms with Crippen LogP contribution in [-0.4, -0.2) is 38.8 Å². The molecule has 2 heterocycles. The van der Waals surface area contributed by atoms with Crippen molar-refractivity contribution >= 4 is 11.9 Å². The fraction of sp³-hybridized carbons (Fsp3) is 0.250. The van der Waals surface area contributed by atoms with E-state index in [4.69, 9.17) is 5.73 Å². The molecule has 7 nitrogen and oxygen atoms in total. The molecule has 0 fully saturated rings. The van der Waals surface area contributed by atoms with Crippen LogP contribution in [0.3, 0.4) is 0 Å². The quantitative estimate of drug-likeness (QED) is 0.724. The topological polar surface area (TPSA) is 85.8 Å². The van der Waals surface area contributed by atoms with E-state index in [1.807, 2.05) is 19.0 Å². The third kappa shape index (κ3) is 1.85. The smallest absolute Gasteiger partial charge is 0.239 e. The van der Waals surface area contributed by atoms with Crippen LogP contribution in [0.4, 0.5) is 11.9 Å². The molecule has 2 aromatic rings. The summed E-state index contributed by atoms with van der Waals surface area (Å²) in [7, 11) is 3.74. The van der Waals surface area contributed by atoms with E-state index in [-0.39, 0.29) is 5.95 Å². The lowest BCUT2D eigenvalue weighted by Crippen LogP contribution is -2.13. The van der Waals surface area contributed by atoms with Crippen molar-refractivity contribution in [1.29, 1.82) is 0 Å². The van der Waals surface area contributed by atoms with Gasteiger partial charge in [-0.25, -0.2) is 14.6 Å². The molecule has 2 N–H and O–H groups in total. The molecule has 2 aromatic heterocycles. The molecule has 0 aliphatic carbocycles. The van der Waals surface area contributed by atoms with Crippen molar-refractivity contribution in [2.75, 3.05) is 24.7 Å². The van der Waals surface area contributed by atoms with Gasteiger partial charge in [-0.05, 0) is 0 Å². The van der Waals surface area contributed by atoms with Gasteiger partial charge in [0.1, 0.15) is 6.33 Å². The van der Waals surface area contributed by atoms with Gasteiger partial charge in [0.2, 0.25) is 11.9 Å². The average molecular weight is 205 g/mol. The number of nitrogens with two attached hydrogens (primary N) is 1. The Morgan fingerprint density at radius 3 is 2.73 bits per heavy atom. The van der Waals surface area contributed by atoms with Crippen LogP contribution < -0.4 is 10.6 Å². The molecule has 0 atom stereocenters. The van der Waals surface area contributed by atoms with Crippen LogP contribution in [-0.2, 0) is 0 Å². The summed E-state index contributed by atoms with van der Waals surface area (Å²) < 4.78 is 1.50. The Hall–Kier alpha value is -2.18. The van der Waals surface area contributed by atoms with E-state index in [1.165, 1.54) is 11.0 Å². The molecule has 0 aliphatic heterocycles. The molecular formula is C8H11N7. The van der Waals surface area contributed by atoms with Gasteiger partial charge in [0.15, 0.2) is 5.82 Å². The zero-order valence-corrected chi connectivity index (χ0v) is 8.49. The van der Waals surface area contributed by atoms with Crippen molar-refractivity contribution in [3.8, 4) is 5.82 Å². The highest BCUT2D eigenvalue weighted by Gasteiger charge is 2.04. The lowest BCUT2D eigenvalue weighted by Gasteiger charge is -2.09. The van der Waals surface area contributed by atoms with Crippen LogP contribution >= 0.6 is 0 Å². The summed E-state index contributed by atoms with van der Waals surface area (Å²) in [5.41, 5.74) is 5.42. The third-order valence-corrected chi connectivity index (χ3v) is 1.77. The molecule has 0 aromatic carbocycles. The van der Waals surface area contributed by atoms with Gasteiger partial charge in [-0.15, -0.1) is 5.10 Å². The molecule has 0 saturated heterocycles. The predicted octanol–water partition coefficient (Wildman–Crippen LogP) is -0.295. The zero-order chi connectivity index (χ0) is 10.8. The molecule has 15 heavy (non-hydrogen) atoms. The van der Waals surface area contributed by atoms with E-state index in [2.05, 4.69) is 20.1 Å². The van der Waals surface area contributed by atoms with Gasteiger partial charge in [0, 0.05) is 26.4 Å². The number of aromatic nitrogens is 5. The Balaban J connectivity index is 2.41. The number of nitrogens with zero attached hydrogens (tertiary/aromatic N) is 6. The summed E-state index contributed by atoms with van der Waals surface area (Å²) in [6.07, 6.45) is 3.17. The summed E-state index contributed by atoms with van der Waals surface area (Å²) in [6, 6.07) is 1.74. The SMILES string of the molecule is CN(C)c1nccc(-n2cnc(N)n2)n1. The molecule has 0 aliphatic rings. The number of anilines is 2. The van der Waals surface area contributed by atoms with Gasteiger partial charge < -0.3 is 10.6 Å². The van der Waals surface area contributed by atoms with Crippen molar-refractivity contribution < 1.29 is 0 Å². The van der Waals surface area contributed by atoms with Crippen molar-refractivity contribution in [3.63, 3.8) is 0 Å². The molecule has 78 valence electrons. The maximum atomic E-state index is 5.42. The summed E-state index contributed by atoms with van der Waals surface area (Å²) in [6.45, 7) is 0. The standard InChI is InChI=1S/C8H11N7/c1-14(2)8-10-4-3-6(12-8)15-5-11-7(9)13-15/h3-5H,1-2H3,(H2,9,13). The fourth-order valence-electron chi connectivity index (χ4n) is 1.07. The van der Waals surface area contributed by atoms with Crippen molar-refractivity contribution in [2.45, 2.75) is 0 Å². The second-order valence-corrected chi connectivity index (χ2v) is 3.16. The van der Waals surface area contributed by atoms with Crippen molar-refractivity contribution in [2.24, 2.45) is 0 Å². The third-order valence-electron chi connectivity index (χ3n) is 1.77. The van der Waals surface area contributed by atoms with Crippen LogP contribution in [0.15, 0.2) is 18.6 Å². The largest absolute Gasteiger partial charge is 0.366 e. The van der Waals surface area contributed by atoms with E-state index in [0.29, 0.717) is 11.8 Å². The minimum Gasteiger partial charge on any atom is -0.366 e. The highest BCUT2D eigenvalue weighted by Crippen LogP contribution is 2.07. The van der Waals surface area contributed by atoms with Crippen LogP contribution in [0, 0.1) is 0 Å². The lowest BCUT2D eigenvalue weighted by molar-refractivity contribution is 0.833. The predicted molar refractivity (Wildman–Crippen MR) is 55.7 cm³/mol. The fourth-order valence-corrected chi connectivity index (χ4v) is 1.07. The average Bonchev–Trinajstić information content (AvgIpc) is 2.65. The number of rotatable bonds is 2. The Labute approximate surface area is 86.6 Å². The Bertz CT molecular complexity index is 462. The Morgan fingerprint density at radius 1 is 1.33 bits per heavy atom. The normalized spacial score (nSPS) is 10.3. The molecule has 0 amide bonds. The van der Waals surface area contributed by atoms with E-state index < -0.39 is 0 Å². The molecule has 0 spiro atoms. The first-order chi connectivity index (χ1) is 7.16. The second-order valence-electron chi connectivity index (χ2n) is 3.16. The highest BCUT2D eigenvalue weighted by atomic mass is 15.4. The van der Waals surface area contributed by atoms with Gasteiger partial charge in [0.05, 0.1) is 0 Å². The lowest BCUT2D eigenvalue weighted by atomic mass is 10.6.